The first-order valence-electron chi connectivity index (χ1n) is 10.3. The highest BCUT2D eigenvalue weighted by Crippen LogP contribution is 2.20. The van der Waals surface area contributed by atoms with Crippen molar-refractivity contribution in [3.63, 3.8) is 0 Å². The summed E-state index contributed by atoms with van der Waals surface area (Å²) in [5.74, 6) is -1.14. The third-order valence-electron chi connectivity index (χ3n) is 5.44. The molecule has 4 aromatic rings. The first-order valence-corrected chi connectivity index (χ1v) is 11.8. The van der Waals surface area contributed by atoms with Crippen molar-refractivity contribution in [1.82, 2.24) is 9.29 Å². The van der Waals surface area contributed by atoms with Gasteiger partial charge in [-0.15, -0.1) is 0 Å². The molecular weight excluding hydrogens is 442 g/mol. The predicted molar refractivity (Wildman–Crippen MR) is 125 cm³/mol. The fraction of sp³-hybridized carbons (Fsp3) is 0.167. The van der Waals surface area contributed by atoms with E-state index in [4.69, 9.17) is 4.42 Å². The largest absolute Gasteiger partial charge is 0.420 e. The highest BCUT2D eigenvalue weighted by molar-refractivity contribution is 7.89. The average molecular weight is 466 g/mol. The minimum Gasteiger partial charge on any atom is -0.408 e. The molecule has 4 rings (SSSR count). The first-order chi connectivity index (χ1) is 15.7. The van der Waals surface area contributed by atoms with Crippen molar-refractivity contribution in [1.29, 1.82) is 0 Å². The number of carbonyl (C=O) groups is 1. The number of fused-ring (bicyclic) bond motifs is 1. The molecule has 0 saturated heterocycles. The van der Waals surface area contributed by atoms with Gasteiger partial charge in [-0.25, -0.2) is 17.9 Å². The molecule has 0 aliphatic carbocycles. The monoisotopic (exact) mass is 465 g/mol. The Morgan fingerprint density at radius 2 is 1.76 bits per heavy atom. The maximum atomic E-state index is 12.7. The van der Waals surface area contributed by atoms with Gasteiger partial charge in [-0.2, -0.15) is 0 Å². The van der Waals surface area contributed by atoms with Crippen LogP contribution in [0.5, 0.6) is 0 Å². The molecule has 170 valence electrons. The lowest BCUT2D eigenvalue weighted by molar-refractivity contribution is -0.116. The topological polar surface area (TPSA) is 110 Å². The van der Waals surface area contributed by atoms with E-state index in [-0.39, 0.29) is 23.6 Å². The Morgan fingerprint density at radius 3 is 2.52 bits per heavy atom. The molecule has 0 spiro atoms. The van der Waals surface area contributed by atoms with Crippen LogP contribution in [-0.2, 0) is 27.9 Å². The van der Waals surface area contributed by atoms with Crippen molar-refractivity contribution in [2.75, 3.05) is 5.32 Å². The van der Waals surface area contributed by atoms with Gasteiger partial charge in [-0.05, 0) is 48.7 Å². The Labute approximate surface area is 190 Å². The van der Waals surface area contributed by atoms with Crippen molar-refractivity contribution in [3.8, 4) is 0 Å². The Balaban J connectivity index is 1.54. The smallest absolute Gasteiger partial charge is 0.408 e. The summed E-state index contributed by atoms with van der Waals surface area (Å²) >= 11 is 0. The second-order valence-corrected chi connectivity index (χ2v) is 9.46. The normalized spacial score (nSPS) is 11.6. The molecule has 9 heteroatoms. The summed E-state index contributed by atoms with van der Waals surface area (Å²) in [6.07, 6.45) is 0. The Morgan fingerprint density at radius 1 is 1.00 bits per heavy atom. The van der Waals surface area contributed by atoms with Gasteiger partial charge < -0.3 is 9.73 Å². The minimum absolute atomic E-state index is 0.0355. The van der Waals surface area contributed by atoms with Gasteiger partial charge in [0, 0.05) is 18.3 Å². The number of nitrogens with zero attached hydrogens (tertiary/aromatic N) is 1. The van der Waals surface area contributed by atoms with Crippen LogP contribution >= 0.6 is 0 Å². The molecule has 2 N–H and O–H groups in total. The van der Waals surface area contributed by atoms with Gasteiger partial charge in [0.05, 0.1) is 10.4 Å². The van der Waals surface area contributed by atoms with Crippen LogP contribution in [0, 0.1) is 13.8 Å². The van der Waals surface area contributed by atoms with E-state index >= 15 is 0 Å². The summed E-state index contributed by atoms with van der Waals surface area (Å²) in [5, 5.41) is 2.80. The number of carbonyl (C=O) groups excluding carboxylic acids is 1. The lowest BCUT2D eigenvalue weighted by atomic mass is 10.1. The second-order valence-electron chi connectivity index (χ2n) is 7.69. The van der Waals surface area contributed by atoms with Gasteiger partial charge in [0.2, 0.25) is 15.9 Å². The van der Waals surface area contributed by atoms with Gasteiger partial charge >= 0.3 is 5.76 Å². The van der Waals surface area contributed by atoms with Crippen LogP contribution in [0.3, 0.4) is 0 Å². The molecule has 1 heterocycles. The molecule has 0 aliphatic heterocycles. The number of amides is 1. The van der Waals surface area contributed by atoms with Gasteiger partial charge in [0.15, 0.2) is 5.58 Å². The van der Waals surface area contributed by atoms with E-state index in [1.807, 2.05) is 56.3 Å². The third kappa shape index (κ3) is 4.89. The number of nitrogens with one attached hydrogen (secondary N) is 2. The van der Waals surface area contributed by atoms with E-state index in [0.29, 0.717) is 11.2 Å². The Hall–Kier alpha value is -3.69. The fourth-order valence-electron chi connectivity index (χ4n) is 3.44. The molecule has 0 atom stereocenters. The van der Waals surface area contributed by atoms with Crippen molar-refractivity contribution in [2.45, 2.75) is 31.8 Å². The third-order valence-corrected chi connectivity index (χ3v) is 6.84. The summed E-state index contributed by atoms with van der Waals surface area (Å²) < 4.78 is 34.3. The molecule has 8 nitrogen and oxygen atoms in total. The van der Waals surface area contributed by atoms with Crippen molar-refractivity contribution in [2.24, 2.45) is 0 Å². The zero-order valence-electron chi connectivity index (χ0n) is 18.2. The van der Waals surface area contributed by atoms with Crippen LogP contribution in [0.1, 0.15) is 16.7 Å². The molecule has 1 amide bonds. The van der Waals surface area contributed by atoms with E-state index in [9.17, 15) is 18.0 Å². The molecule has 0 fully saturated rings. The summed E-state index contributed by atoms with van der Waals surface area (Å²) in [6, 6.07) is 18.8. The highest BCUT2D eigenvalue weighted by atomic mass is 32.2. The first kappa shape index (κ1) is 22.5. The van der Waals surface area contributed by atoms with Crippen LogP contribution in [0.4, 0.5) is 5.69 Å². The van der Waals surface area contributed by atoms with Crippen molar-refractivity contribution >= 4 is 32.7 Å². The number of rotatable bonds is 7. The number of anilines is 1. The predicted octanol–water partition coefficient (Wildman–Crippen LogP) is 3.33. The van der Waals surface area contributed by atoms with E-state index in [1.54, 1.807) is 6.07 Å². The standard InChI is InChI=1S/C24H23N3O5S/c1-16-7-6-10-20(17(16)2)26-23(28)15-27-21-12-11-19(13-22(21)32-24(27)29)33(30,31)25-14-18-8-4-3-5-9-18/h3-13,25H,14-15H2,1-2H3,(H,26,28). The van der Waals surface area contributed by atoms with Crippen molar-refractivity contribution in [3.05, 3.63) is 94.0 Å². The second kappa shape index (κ2) is 9.05. The van der Waals surface area contributed by atoms with Gasteiger partial charge in [0.1, 0.15) is 6.54 Å². The SMILES string of the molecule is Cc1cccc(NC(=O)Cn2c(=O)oc3cc(S(=O)(=O)NCc4ccccc4)ccc32)c1C. The van der Waals surface area contributed by atoms with E-state index in [2.05, 4.69) is 10.0 Å². The molecular formula is C24H23N3O5S. The van der Waals surface area contributed by atoms with Crippen LogP contribution in [0.2, 0.25) is 0 Å². The van der Waals surface area contributed by atoms with Crippen molar-refractivity contribution < 1.29 is 17.6 Å². The van der Waals surface area contributed by atoms with Gasteiger partial charge in [0.25, 0.3) is 0 Å². The van der Waals surface area contributed by atoms with Crippen LogP contribution < -0.4 is 15.8 Å². The zero-order chi connectivity index (χ0) is 23.6. The highest BCUT2D eigenvalue weighted by Gasteiger charge is 2.19. The molecule has 0 aliphatic rings. The number of oxazole rings is 1. The van der Waals surface area contributed by atoms with E-state index in [1.165, 1.54) is 22.8 Å². The number of benzene rings is 3. The molecule has 3 aromatic carbocycles. The summed E-state index contributed by atoms with van der Waals surface area (Å²) in [4.78, 5) is 24.9. The lowest BCUT2D eigenvalue weighted by Crippen LogP contribution is -2.25. The molecule has 1 aromatic heterocycles. The zero-order valence-corrected chi connectivity index (χ0v) is 19.0. The molecule has 0 bridgehead atoms. The summed E-state index contributed by atoms with van der Waals surface area (Å²) in [7, 11) is -3.83. The number of hydrogen-bond donors (Lipinski definition) is 2. The van der Waals surface area contributed by atoms with Crippen LogP contribution in [-0.4, -0.2) is 18.9 Å². The summed E-state index contributed by atoms with van der Waals surface area (Å²) in [5.41, 5.74) is 3.87. The quantitative estimate of drug-likeness (QED) is 0.435. The number of sulfonamides is 1. The van der Waals surface area contributed by atoms with Crippen LogP contribution in [0.25, 0.3) is 11.1 Å². The maximum absolute atomic E-state index is 12.7. The minimum atomic E-state index is -3.83. The van der Waals surface area contributed by atoms with E-state index < -0.39 is 21.7 Å². The molecule has 0 saturated carbocycles. The van der Waals surface area contributed by atoms with Crippen LogP contribution in [0.15, 0.2) is 80.8 Å². The summed E-state index contributed by atoms with van der Waals surface area (Å²) in [6.45, 7) is 3.71. The lowest BCUT2D eigenvalue weighted by Gasteiger charge is -2.10. The average Bonchev–Trinajstić information content (AvgIpc) is 3.10. The van der Waals surface area contributed by atoms with Gasteiger partial charge in [-0.3, -0.25) is 9.36 Å². The molecule has 0 unspecified atom stereocenters. The Kier molecular flexibility index (Phi) is 6.17. The van der Waals surface area contributed by atoms with E-state index in [0.717, 1.165) is 16.7 Å². The number of aryl methyl sites for hydroxylation is 1. The molecule has 0 radical (unpaired) electrons. The molecule has 33 heavy (non-hydrogen) atoms. The number of aromatic nitrogens is 1. The maximum Gasteiger partial charge on any atom is 0.420 e. The Bertz CT molecular complexity index is 1490. The number of hydrogen-bond acceptors (Lipinski definition) is 5. The fourth-order valence-corrected chi connectivity index (χ4v) is 4.47. The van der Waals surface area contributed by atoms with Gasteiger partial charge in [-0.1, -0.05) is 42.5 Å².